The number of carboxylic acids is 1. The number of hydrogen-bond donors (Lipinski definition) is 2. The van der Waals surface area contributed by atoms with Crippen molar-refractivity contribution in [3.8, 4) is 0 Å². The van der Waals surface area contributed by atoms with Crippen molar-refractivity contribution in [1.29, 1.82) is 0 Å². The SMILES string of the molecule is Cc1cc(Br)ccc1C(=O)N1CC(=O)NCC1C(=O)O. The van der Waals surface area contributed by atoms with E-state index in [9.17, 15) is 14.4 Å². The predicted octanol–water partition coefficient (Wildman–Crippen LogP) is 0.783. The van der Waals surface area contributed by atoms with E-state index < -0.39 is 17.9 Å². The van der Waals surface area contributed by atoms with Gasteiger partial charge in [-0.3, -0.25) is 9.59 Å². The van der Waals surface area contributed by atoms with E-state index in [1.54, 1.807) is 25.1 Å². The van der Waals surface area contributed by atoms with Crippen LogP contribution in [0.5, 0.6) is 0 Å². The van der Waals surface area contributed by atoms with Crippen LogP contribution in [-0.2, 0) is 9.59 Å². The summed E-state index contributed by atoms with van der Waals surface area (Å²) in [5.41, 5.74) is 1.12. The van der Waals surface area contributed by atoms with Gasteiger partial charge < -0.3 is 15.3 Å². The van der Waals surface area contributed by atoms with Crippen LogP contribution < -0.4 is 5.32 Å². The Kier molecular flexibility index (Phi) is 4.08. The van der Waals surface area contributed by atoms with Gasteiger partial charge in [-0.05, 0) is 30.7 Å². The molecule has 1 saturated heterocycles. The minimum Gasteiger partial charge on any atom is -0.480 e. The molecule has 0 aliphatic carbocycles. The van der Waals surface area contributed by atoms with Crippen molar-refractivity contribution in [3.05, 3.63) is 33.8 Å². The first-order valence-electron chi connectivity index (χ1n) is 5.97. The average molecular weight is 341 g/mol. The molecular weight excluding hydrogens is 328 g/mol. The number of amides is 2. The summed E-state index contributed by atoms with van der Waals surface area (Å²) >= 11 is 3.30. The summed E-state index contributed by atoms with van der Waals surface area (Å²) < 4.78 is 0.831. The third-order valence-electron chi connectivity index (χ3n) is 3.15. The Bertz CT molecular complexity index is 588. The Morgan fingerprint density at radius 3 is 2.75 bits per heavy atom. The number of carbonyl (C=O) groups excluding carboxylic acids is 2. The summed E-state index contributed by atoms with van der Waals surface area (Å²) in [7, 11) is 0. The number of rotatable bonds is 2. The number of carbonyl (C=O) groups is 3. The van der Waals surface area contributed by atoms with Crippen LogP contribution in [0, 0.1) is 6.92 Å². The van der Waals surface area contributed by atoms with E-state index >= 15 is 0 Å². The number of carboxylic acid groups (broad SMARTS) is 1. The van der Waals surface area contributed by atoms with Crippen molar-refractivity contribution in [1.82, 2.24) is 10.2 Å². The highest BCUT2D eigenvalue weighted by Crippen LogP contribution is 2.19. The van der Waals surface area contributed by atoms with Crippen molar-refractivity contribution >= 4 is 33.7 Å². The fourth-order valence-electron chi connectivity index (χ4n) is 2.10. The van der Waals surface area contributed by atoms with Gasteiger partial charge in [-0.25, -0.2) is 4.79 Å². The summed E-state index contributed by atoms with van der Waals surface area (Å²) in [5, 5.41) is 11.6. The first-order chi connectivity index (χ1) is 9.40. The first kappa shape index (κ1) is 14.5. The maximum absolute atomic E-state index is 12.5. The van der Waals surface area contributed by atoms with Crippen LogP contribution in [0.4, 0.5) is 0 Å². The monoisotopic (exact) mass is 340 g/mol. The van der Waals surface area contributed by atoms with Crippen LogP contribution in [0.1, 0.15) is 15.9 Å². The largest absolute Gasteiger partial charge is 0.480 e. The average Bonchev–Trinajstić information content (AvgIpc) is 2.37. The van der Waals surface area contributed by atoms with Crippen molar-refractivity contribution in [2.24, 2.45) is 0 Å². The second kappa shape index (κ2) is 5.62. The molecule has 0 bridgehead atoms. The molecule has 1 aliphatic heterocycles. The Morgan fingerprint density at radius 2 is 2.15 bits per heavy atom. The molecule has 1 unspecified atom stereocenters. The zero-order valence-corrected chi connectivity index (χ0v) is 12.3. The minimum absolute atomic E-state index is 0.0739. The van der Waals surface area contributed by atoms with E-state index in [1.807, 2.05) is 0 Å². The molecule has 1 aliphatic rings. The maximum Gasteiger partial charge on any atom is 0.328 e. The molecule has 1 fully saturated rings. The van der Waals surface area contributed by atoms with Crippen LogP contribution in [0.15, 0.2) is 22.7 Å². The fraction of sp³-hybridized carbons (Fsp3) is 0.308. The summed E-state index contributed by atoms with van der Waals surface area (Å²) in [5.74, 6) is -1.93. The van der Waals surface area contributed by atoms with Gasteiger partial charge in [0.05, 0.1) is 0 Å². The van der Waals surface area contributed by atoms with Gasteiger partial charge in [-0.1, -0.05) is 15.9 Å². The fourth-order valence-corrected chi connectivity index (χ4v) is 2.57. The second-order valence-electron chi connectivity index (χ2n) is 4.55. The quantitative estimate of drug-likeness (QED) is 0.832. The van der Waals surface area contributed by atoms with Gasteiger partial charge in [0.1, 0.15) is 12.6 Å². The molecule has 1 aromatic carbocycles. The molecule has 2 amide bonds. The van der Waals surface area contributed by atoms with Crippen molar-refractivity contribution in [2.45, 2.75) is 13.0 Å². The second-order valence-corrected chi connectivity index (χ2v) is 5.47. The van der Waals surface area contributed by atoms with Gasteiger partial charge in [0.15, 0.2) is 0 Å². The zero-order chi connectivity index (χ0) is 14.9. The van der Waals surface area contributed by atoms with Gasteiger partial charge in [0, 0.05) is 16.6 Å². The Balaban J connectivity index is 2.33. The van der Waals surface area contributed by atoms with E-state index in [0.29, 0.717) is 5.56 Å². The number of nitrogens with one attached hydrogen (secondary N) is 1. The van der Waals surface area contributed by atoms with E-state index in [1.165, 1.54) is 0 Å². The number of hydrogen-bond acceptors (Lipinski definition) is 3. The number of nitrogens with zero attached hydrogens (tertiary/aromatic N) is 1. The molecule has 1 aromatic rings. The normalized spacial score (nSPS) is 18.6. The molecule has 20 heavy (non-hydrogen) atoms. The minimum atomic E-state index is -1.13. The molecule has 2 N–H and O–H groups in total. The summed E-state index contributed by atoms with van der Waals surface area (Å²) in [6.45, 7) is 1.44. The zero-order valence-electron chi connectivity index (χ0n) is 10.7. The van der Waals surface area contributed by atoms with Gasteiger partial charge in [-0.15, -0.1) is 0 Å². The molecule has 0 spiro atoms. The van der Waals surface area contributed by atoms with E-state index in [0.717, 1.165) is 14.9 Å². The smallest absolute Gasteiger partial charge is 0.328 e. The molecule has 0 radical (unpaired) electrons. The molecule has 6 nitrogen and oxygen atoms in total. The number of aliphatic carboxylic acids is 1. The van der Waals surface area contributed by atoms with E-state index in [-0.39, 0.29) is 19.0 Å². The van der Waals surface area contributed by atoms with Crippen molar-refractivity contribution in [3.63, 3.8) is 0 Å². The van der Waals surface area contributed by atoms with Crippen LogP contribution in [0.2, 0.25) is 0 Å². The lowest BCUT2D eigenvalue weighted by molar-refractivity contribution is -0.144. The highest BCUT2D eigenvalue weighted by Gasteiger charge is 2.35. The highest BCUT2D eigenvalue weighted by molar-refractivity contribution is 9.10. The lowest BCUT2D eigenvalue weighted by atomic mass is 10.1. The first-order valence-corrected chi connectivity index (χ1v) is 6.76. The summed E-state index contributed by atoms with van der Waals surface area (Å²) in [4.78, 5) is 36.2. The lowest BCUT2D eigenvalue weighted by Crippen LogP contribution is -2.59. The number of aryl methyl sites for hydroxylation is 1. The predicted molar refractivity (Wildman–Crippen MR) is 74.3 cm³/mol. The molecule has 1 heterocycles. The van der Waals surface area contributed by atoms with Gasteiger partial charge in [0.25, 0.3) is 5.91 Å². The molecular formula is C13H13BrN2O4. The third-order valence-corrected chi connectivity index (χ3v) is 3.64. The van der Waals surface area contributed by atoms with Crippen LogP contribution in [0.3, 0.4) is 0 Å². The topological polar surface area (TPSA) is 86.7 Å². The third kappa shape index (κ3) is 2.82. The van der Waals surface area contributed by atoms with Crippen LogP contribution >= 0.6 is 15.9 Å². The highest BCUT2D eigenvalue weighted by atomic mass is 79.9. The van der Waals surface area contributed by atoms with Crippen LogP contribution in [0.25, 0.3) is 0 Å². The Hall–Kier alpha value is -1.89. The molecule has 0 aromatic heterocycles. The maximum atomic E-state index is 12.5. The number of halogens is 1. The van der Waals surface area contributed by atoms with Crippen LogP contribution in [-0.4, -0.2) is 46.9 Å². The summed E-state index contributed by atoms with van der Waals surface area (Å²) in [6, 6.07) is 4.06. The molecule has 1 atom stereocenters. The van der Waals surface area contributed by atoms with Gasteiger partial charge in [-0.2, -0.15) is 0 Å². The standard InChI is InChI=1S/C13H13BrN2O4/c1-7-4-8(14)2-3-9(7)12(18)16-6-11(17)15-5-10(16)13(19)20/h2-4,10H,5-6H2,1H3,(H,15,17)(H,19,20). The van der Waals surface area contributed by atoms with Crippen molar-refractivity contribution < 1.29 is 19.5 Å². The number of benzene rings is 1. The molecule has 2 rings (SSSR count). The van der Waals surface area contributed by atoms with E-state index in [2.05, 4.69) is 21.2 Å². The molecule has 106 valence electrons. The Morgan fingerprint density at radius 1 is 1.45 bits per heavy atom. The van der Waals surface area contributed by atoms with Crippen molar-refractivity contribution in [2.75, 3.05) is 13.1 Å². The molecule has 7 heteroatoms. The van der Waals surface area contributed by atoms with Gasteiger partial charge in [0.2, 0.25) is 5.91 Å². The molecule has 0 saturated carbocycles. The lowest BCUT2D eigenvalue weighted by Gasteiger charge is -2.33. The Labute approximate surface area is 123 Å². The van der Waals surface area contributed by atoms with E-state index in [4.69, 9.17) is 5.11 Å². The summed E-state index contributed by atoms with van der Waals surface area (Å²) in [6.07, 6.45) is 0. The van der Waals surface area contributed by atoms with Gasteiger partial charge >= 0.3 is 5.97 Å². The number of piperazine rings is 1.